The van der Waals surface area contributed by atoms with Gasteiger partial charge in [-0.15, -0.1) is 0 Å². The monoisotopic (exact) mass is 249 g/mol. The summed E-state index contributed by atoms with van der Waals surface area (Å²) in [6, 6.07) is 0. The van der Waals surface area contributed by atoms with Crippen LogP contribution in [0.3, 0.4) is 0 Å². The Bertz CT molecular complexity index is 393. The normalized spacial score (nSPS) is 21.8. The van der Waals surface area contributed by atoms with Gasteiger partial charge >= 0.3 is 0 Å². The van der Waals surface area contributed by atoms with Gasteiger partial charge in [-0.05, 0) is 44.7 Å². The molecule has 0 aromatic carbocycles. The van der Waals surface area contributed by atoms with Crippen molar-refractivity contribution in [3.8, 4) is 0 Å². The fourth-order valence-corrected chi connectivity index (χ4v) is 2.73. The van der Waals surface area contributed by atoms with Gasteiger partial charge in [0.25, 0.3) is 0 Å². The van der Waals surface area contributed by atoms with E-state index in [0.717, 1.165) is 19.6 Å². The first-order valence-electron chi connectivity index (χ1n) is 6.97. The minimum atomic E-state index is 0.180. The first-order valence-corrected chi connectivity index (χ1v) is 6.97. The molecule has 18 heavy (non-hydrogen) atoms. The standard InChI is InChI=1S/C14H23N3O/c1-3-17-8-7-16-14(17)13(18)9-11(2)12-5-4-6-15-10-12/h7-8,11-12,15H,3-6,9-10H2,1-2H3. The number of nitrogens with zero attached hydrogens (tertiary/aromatic N) is 2. The van der Waals surface area contributed by atoms with E-state index in [-0.39, 0.29) is 5.78 Å². The summed E-state index contributed by atoms with van der Waals surface area (Å²) < 4.78 is 1.92. The molecule has 2 heterocycles. The van der Waals surface area contributed by atoms with Crippen LogP contribution in [0.25, 0.3) is 0 Å². The number of Topliss-reactive ketones (excluding diaryl/α,β-unsaturated/α-hetero) is 1. The number of aromatic nitrogens is 2. The Hall–Kier alpha value is -1.16. The van der Waals surface area contributed by atoms with Crippen LogP contribution in [0.4, 0.5) is 0 Å². The zero-order valence-corrected chi connectivity index (χ0v) is 11.4. The lowest BCUT2D eigenvalue weighted by atomic mass is 9.84. The molecule has 1 aromatic heterocycles. The third-order valence-corrected chi connectivity index (χ3v) is 3.95. The molecule has 0 saturated carbocycles. The van der Waals surface area contributed by atoms with E-state index in [9.17, 15) is 4.79 Å². The first kappa shape index (κ1) is 13.3. The molecule has 1 fully saturated rings. The van der Waals surface area contributed by atoms with E-state index in [4.69, 9.17) is 0 Å². The summed E-state index contributed by atoms with van der Waals surface area (Å²) in [5.74, 6) is 1.87. The molecular formula is C14H23N3O. The van der Waals surface area contributed by atoms with Crippen molar-refractivity contribution in [3.63, 3.8) is 0 Å². The molecule has 4 nitrogen and oxygen atoms in total. The summed E-state index contributed by atoms with van der Waals surface area (Å²) in [6.45, 7) is 7.20. The van der Waals surface area contributed by atoms with Gasteiger partial charge in [-0.3, -0.25) is 4.79 Å². The Kier molecular flexibility index (Phi) is 4.53. The molecule has 1 aromatic rings. The molecule has 1 N–H and O–H groups in total. The van der Waals surface area contributed by atoms with E-state index in [2.05, 4.69) is 17.2 Å². The highest BCUT2D eigenvalue weighted by Gasteiger charge is 2.23. The lowest BCUT2D eigenvalue weighted by molar-refractivity contribution is 0.0928. The van der Waals surface area contributed by atoms with Gasteiger partial charge in [-0.25, -0.2) is 4.98 Å². The molecule has 0 spiro atoms. The Morgan fingerprint density at radius 2 is 2.50 bits per heavy atom. The van der Waals surface area contributed by atoms with Gasteiger partial charge in [0.1, 0.15) is 0 Å². The smallest absolute Gasteiger partial charge is 0.198 e. The maximum atomic E-state index is 12.2. The average molecular weight is 249 g/mol. The van der Waals surface area contributed by atoms with Crippen molar-refractivity contribution in [1.29, 1.82) is 0 Å². The number of ketones is 1. The van der Waals surface area contributed by atoms with Crippen LogP contribution < -0.4 is 5.32 Å². The Morgan fingerprint density at radius 3 is 3.17 bits per heavy atom. The van der Waals surface area contributed by atoms with Gasteiger partial charge in [0.15, 0.2) is 11.6 Å². The molecule has 0 radical (unpaired) electrons. The van der Waals surface area contributed by atoms with Crippen molar-refractivity contribution in [3.05, 3.63) is 18.2 Å². The fourth-order valence-electron chi connectivity index (χ4n) is 2.73. The van der Waals surface area contributed by atoms with Gasteiger partial charge in [-0.2, -0.15) is 0 Å². The SMILES string of the molecule is CCn1ccnc1C(=O)CC(C)C1CCCNC1. The number of carbonyl (C=O) groups excluding carboxylic acids is 1. The van der Waals surface area contributed by atoms with Gasteiger partial charge < -0.3 is 9.88 Å². The quantitative estimate of drug-likeness (QED) is 0.813. The summed E-state index contributed by atoms with van der Waals surface area (Å²) in [5, 5.41) is 3.41. The lowest BCUT2D eigenvalue weighted by Gasteiger charge is -2.27. The molecule has 2 unspecified atom stereocenters. The highest BCUT2D eigenvalue weighted by atomic mass is 16.1. The maximum absolute atomic E-state index is 12.2. The van der Waals surface area contributed by atoms with Crippen molar-refractivity contribution in [2.75, 3.05) is 13.1 Å². The van der Waals surface area contributed by atoms with Gasteiger partial charge in [-0.1, -0.05) is 6.92 Å². The number of rotatable bonds is 5. The largest absolute Gasteiger partial charge is 0.329 e. The second-order valence-corrected chi connectivity index (χ2v) is 5.25. The van der Waals surface area contributed by atoms with Crippen molar-refractivity contribution in [2.45, 2.75) is 39.7 Å². The van der Waals surface area contributed by atoms with E-state index in [0.29, 0.717) is 24.1 Å². The summed E-state index contributed by atoms with van der Waals surface area (Å²) in [7, 11) is 0. The average Bonchev–Trinajstić information content (AvgIpc) is 2.88. The molecule has 1 saturated heterocycles. The van der Waals surface area contributed by atoms with Crippen molar-refractivity contribution >= 4 is 5.78 Å². The Labute approximate surface area is 109 Å². The van der Waals surface area contributed by atoms with Gasteiger partial charge in [0, 0.05) is 25.4 Å². The molecule has 4 heteroatoms. The van der Waals surface area contributed by atoms with Crippen LogP contribution in [0.15, 0.2) is 12.4 Å². The number of aryl methyl sites for hydroxylation is 1. The van der Waals surface area contributed by atoms with E-state index in [1.54, 1.807) is 6.20 Å². The van der Waals surface area contributed by atoms with Crippen LogP contribution in [0.5, 0.6) is 0 Å². The molecule has 1 aliphatic rings. The molecular weight excluding hydrogens is 226 g/mol. The van der Waals surface area contributed by atoms with Crippen LogP contribution in [0, 0.1) is 11.8 Å². The fraction of sp³-hybridized carbons (Fsp3) is 0.714. The highest BCUT2D eigenvalue weighted by Crippen LogP contribution is 2.23. The van der Waals surface area contributed by atoms with E-state index >= 15 is 0 Å². The highest BCUT2D eigenvalue weighted by molar-refractivity contribution is 5.92. The molecule has 0 bridgehead atoms. The van der Waals surface area contributed by atoms with Crippen LogP contribution in [-0.4, -0.2) is 28.4 Å². The summed E-state index contributed by atoms with van der Waals surface area (Å²) >= 11 is 0. The number of hydrogen-bond donors (Lipinski definition) is 1. The van der Waals surface area contributed by atoms with Crippen molar-refractivity contribution in [1.82, 2.24) is 14.9 Å². The number of carbonyl (C=O) groups is 1. The summed E-state index contributed by atoms with van der Waals surface area (Å²) in [6.07, 6.45) is 6.67. The molecule has 0 amide bonds. The zero-order chi connectivity index (χ0) is 13.0. The number of imidazole rings is 1. The first-order chi connectivity index (χ1) is 8.72. The van der Waals surface area contributed by atoms with Crippen molar-refractivity contribution in [2.24, 2.45) is 11.8 Å². The van der Waals surface area contributed by atoms with Gasteiger partial charge in [0.2, 0.25) is 0 Å². The number of hydrogen-bond acceptors (Lipinski definition) is 3. The van der Waals surface area contributed by atoms with E-state index in [1.165, 1.54) is 12.8 Å². The van der Waals surface area contributed by atoms with Crippen LogP contribution in [-0.2, 0) is 6.54 Å². The van der Waals surface area contributed by atoms with Crippen LogP contribution >= 0.6 is 0 Å². The topological polar surface area (TPSA) is 46.9 Å². The summed E-state index contributed by atoms with van der Waals surface area (Å²) in [5.41, 5.74) is 0. The van der Waals surface area contributed by atoms with Crippen LogP contribution in [0.2, 0.25) is 0 Å². The van der Waals surface area contributed by atoms with Crippen LogP contribution in [0.1, 0.15) is 43.7 Å². The predicted octanol–water partition coefficient (Wildman–Crippen LogP) is 2.11. The third-order valence-electron chi connectivity index (χ3n) is 3.95. The summed E-state index contributed by atoms with van der Waals surface area (Å²) in [4.78, 5) is 16.4. The number of nitrogens with one attached hydrogen (secondary N) is 1. The van der Waals surface area contributed by atoms with E-state index < -0.39 is 0 Å². The molecule has 1 aliphatic heterocycles. The second kappa shape index (κ2) is 6.14. The van der Waals surface area contributed by atoms with E-state index in [1.807, 2.05) is 17.7 Å². The minimum Gasteiger partial charge on any atom is -0.329 e. The zero-order valence-electron chi connectivity index (χ0n) is 11.4. The predicted molar refractivity (Wildman–Crippen MR) is 71.6 cm³/mol. The molecule has 100 valence electrons. The molecule has 2 atom stereocenters. The van der Waals surface area contributed by atoms with Crippen molar-refractivity contribution < 1.29 is 4.79 Å². The Morgan fingerprint density at radius 1 is 1.67 bits per heavy atom. The molecule has 0 aliphatic carbocycles. The number of piperidine rings is 1. The minimum absolute atomic E-state index is 0.180. The lowest BCUT2D eigenvalue weighted by Crippen LogP contribution is -2.34. The second-order valence-electron chi connectivity index (χ2n) is 5.25. The third kappa shape index (κ3) is 2.99. The van der Waals surface area contributed by atoms with Gasteiger partial charge in [0.05, 0.1) is 0 Å². The Balaban J connectivity index is 1.94. The maximum Gasteiger partial charge on any atom is 0.198 e. The molecule has 2 rings (SSSR count).